The van der Waals surface area contributed by atoms with Crippen LogP contribution < -0.4 is 5.32 Å². The zero-order chi connectivity index (χ0) is 15.9. The molecule has 1 aliphatic heterocycles. The Morgan fingerprint density at radius 2 is 1.43 bits per heavy atom. The van der Waals surface area contributed by atoms with E-state index in [-0.39, 0.29) is 0 Å². The van der Waals surface area contributed by atoms with Crippen molar-refractivity contribution in [3.8, 4) is 0 Å². The van der Waals surface area contributed by atoms with Crippen molar-refractivity contribution in [2.24, 2.45) is 10.8 Å². The maximum atomic E-state index is 11.6. The van der Waals surface area contributed by atoms with Crippen LogP contribution in [-0.2, 0) is 10.0 Å². The topological polar surface area (TPSA) is 49.4 Å². The lowest BCUT2D eigenvalue weighted by Crippen LogP contribution is -2.51. The lowest BCUT2D eigenvalue weighted by Gasteiger charge is -2.46. The second kappa shape index (κ2) is 5.82. The van der Waals surface area contributed by atoms with Gasteiger partial charge in [-0.25, -0.2) is 12.7 Å². The van der Waals surface area contributed by atoms with E-state index in [4.69, 9.17) is 0 Å². The zero-order valence-electron chi connectivity index (χ0n) is 14.3. The molecular formula is C16H32N2O2S. The van der Waals surface area contributed by atoms with Crippen LogP contribution in [0.4, 0.5) is 0 Å². The standard InChI is InChI=1S/C16H32N2O2S/c1-15(2)10-14(11-16(3,4)12-15)17-13-6-8-18(9-7-13)21(5,19)20/h13-14,17H,6-12H2,1-5H3. The number of rotatable bonds is 3. The quantitative estimate of drug-likeness (QED) is 0.871. The van der Waals surface area contributed by atoms with Crippen LogP contribution in [0.3, 0.4) is 0 Å². The highest BCUT2D eigenvalue weighted by Gasteiger charge is 2.39. The molecule has 1 saturated heterocycles. The van der Waals surface area contributed by atoms with Gasteiger partial charge in [-0.3, -0.25) is 0 Å². The zero-order valence-corrected chi connectivity index (χ0v) is 15.1. The number of sulfonamides is 1. The van der Waals surface area contributed by atoms with Gasteiger partial charge in [0.05, 0.1) is 6.26 Å². The van der Waals surface area contributed by atoms with E-state index in [0.717, 1.165) is 12.8 Å². The first kappa shape index (κ1) is 17.2. The molecule has 0 atom stereocenters. The average molecular weight is 317 g/mol. The lowest BCUT2D eigenvalue weighted by molar-refractivity contribution is 0.0766. The molecule has 1 N–H and O–H groups in total. The molecule has 0 aromatic heterocycles. The summed E-state index contributed by atoms with van der Waals surface area (Å²) in [6, 6.07) is 1.04. The molecule has 0 aromatic rings. The molecule has 124 valence electrons. The molecule has 0 spiro atoms. The van der Waals surface area contributed by atoms with Gasteiger partial charge >= 0.3 is 0 Å². The lowest BCUT2D eigenvalue weighted by atomic mass is 9.63. The molecule has 0 radical (unpaired) electrons. The molecule has 1 heterocycles. The molecule has 2 aliphatic rings. The van der Waals surface area contributed by atoms with Crippen LogP contribution in [0.25, 0.3) is 0 Å². The van der Waals surface area contributed by atoms with Crippen LogP contribution >= 0.6 is 0 Å². The minimum atomic E-state index is -3.01. The Balaban J connectivity index is 1.89. The summed E-state index contributed by atoms with van der Waals surface area (Å²) in [4.78, 5) is 0. The van der Waals surface area contributed by atoms with Gasteiger partial charge in [0, 0.05) is 25.2 Å². The largest absolute Gasteiger partial charge is 0.311 e. The Bertz CT molecular complexity index is 447. The fourth-order valence-electron chi connectivity index (χ4n) is 4.65. The van der Waals surface area contributed by atoms with E-state index in [2.05, 4.69) is 33.0 Å². The monoisotopic (exact) mass is 316 g/mol. The number of piperidine rings is 1. The average Bonchev–Trinajstić information content (AvgIpc) is 2.23. The van der Waals surface area contributed by atoms with E-state index in [9.17, 15) is 8.42 Å². The molecule has 0 amide bonds. The summed E-state index contributed by atoms with van der Waals surface area (Å²) < 4.78 is 24.7. The van der Waals surface area contributed by atoms with Crippen LogP contribution in [-0.4, -0.2) is 44.2 Å². The van der Waals surface area contributed by atoms with E-state index in [0.29, 0.717) is 36.0 Å². The number of nitrogens with one attached hydrogen (secondary N) is 1. The Kier molecular flexibility index (Phi) is 4.77. The third-order valence-electron chi connectivity index (χ3n) is 4.95. The molecule has 1 aliphatic carbocycles. The predicted molar refractivity (Wildman–Crippen MR) is 87.8 cm³/mol. The Morgan fingerprint density at radius 1 is 0.952 bits per heavy atom. The highest BCUT2D eigenvalue weighted by Crippen LogP contribution is 2.45. The summed E-state index contributed by atoms with van der Waals surface area (Å²) in [6.07, 6.45) is 6.91. The van der Waals surface area contributed by atoms with Crippen LogP contribution in [0, 0.1) is 10.8 Å². The fraction of sp³-hybridized carbons (Fsp3) is 1.00. The van der Waals surface area contributed by atoms with Gasteiger partial charge in [-0.1, -0.05) is 27.7 Å². The first-order valence-corrected chi connectivity index (χ1v) is 10.0. The van der Waals surface area contributed by atoms with Gasteiger partial charge in [-0.15, -0.1) is 0 Å². The molecule has 5 heteroatoms. The van der Waals surface area contributed by atoms with Crippen LogP contribution in [0.5, 0.6) is 0 Å². The summed E-state index contributed by atoms with van der Waals surface area (Å²) in [6.45, 7) is 10.8. The van der Waals surface area contributed by atoms with Crippen molar-refractivity contribution in [1.82, 2.24) is 9.62 Å². The number of nitrogens with zero attached hydrogens (tertiary/aromatic N) is 1. The molecule has 2 rings (SSSR count). The summed E-state index contributed by atoms with van der Waals surface area (Å²) >= 11 is 0. The third kappa shape index (κ3) is 4.93. The SMILES string of the molecule is CC1(C)CC(NC2CCN(S(C)(=O)=O)CC2)CC(C)(C)C1. The van der Waals surface area contributed by atoms with Gasteiger partial charge in [0.15, 0.2) is 0 Å². The third-order valence-corrected chi connectivity index (χ3v) is 6.25. The van der Waals surface area contributed by atoms with Gasteiger partial charge in [0.2, 0.25) is 10.0 Å². The summed E-state index contributed by atoms with van der Waals surface area (Å²) in [5, 5.41) is 3.82. The Hall–Kier alpha value is -0.130. The van der Waals surface area contributed by atoms with Crippen LogP contribution in [0.2, 0.25) is 0 Å². The van der Waals surface area contributed by atoms with Crippen molar-refractivity contribution in [3.05, 3.63) is 0 Å². The summed E-state index contributed by atoms with van der Waals surface area (Å²) in [7, 11) is -3.01. The minimum Gasteiger partial charge on any atom is -0.311 e. The van der Waals surface area contributed by atoms with Gasteiger partial charge in [0.25, 0.3) is 0 Å². The van der Waals surface area contributed by atoms with E-state index in [1.807, 2.05) is 0 Å². The van der Waals surface area contributed by atoms with Gasteiger partial charge < -0.3 is 5.32 Å². The maximum Gasteiger partial charge on any atom is 0.211 e. The van der Waals surface area contributed by atoms with E-state index in [1.165, 1.54) is 25.5 Å². The van der Waals surface area contributed by atoms with Crippen molar-refractivity contribution in [2.45, 2.75) is 71.9 Å². The Labute approximate surface area is 130 Å². The van der Waals surface area contributed by atoms with Crippen molar-refractivity contribution in [3.63, 3.8) is 0 Å². The maximum absolute atomic E-state index is 11.6. The molecule has 4 nitrogen and oxygen atoms in total. The minimum absolute atomic E-state index is 0.396. The molecule has 1 saturated carbocycles. The van der Waals surface area contributed by atoms with Crippen molar-refractivity contribution in [2.75, 3.05) is 19.3 Å². The normalized spacial score (nSPS) is 28.6. The second-order valence-electron chi connectivity index (χ2n) is 8.71. The van der Waals surface area contributed by atoms with Crippen molar-refractivity contribution < 1.29 is 8.42 Å². The summed E-state index contributed by atoms with van der Waals surface area (Å²) in [5.74, 6) is 0. The van der Waals surface area contributed by atoms with E-state index < -0.39 is 10.0 Å². The highest BCUT2D eigenvalue weighted by atomic mass is 32.2. The molecule has 0 aromatic carbocycles. The Morgan fingerprint density at radius 3 is 1.86 bits per heavy atom. The first-order chi connectivity index (χ1) is 9.47. The molecule has 0 bridgehead atoms. The van der Waals surface area contributed by atoms with E-state index >= 15 is 0 Å². The molecule has 2 fully saturated rings. The van der Waals surface area contributed by atoms with Crippen LogP contribution in [0.15, 0.2) is 0 Å². The van der Waals surface area contributed by atoms with Crippen LogP contribution in [0.1, 0.15) is 59.8 Å². The second-order valence-corrected chi connectivity index (χ2v) is 10.7. The smallest absolute Gasteiger partial charge is 0.211 e. The predicted octanol–water partition coefficient (Wildman–Crippen LogP) is 2.60. The highest BCUT2D eigenvalue weighted by molar-refractivity contribution is 7.88. The summed E-state index contributed by atoms with van der Waals surface area (Å²) in [5.41, 5.74) is 0.791. The molecule has 0 unspecified atom stereocenters. The number of hydrogen-bond donors (Lipinski definition) is 1. The van der Waals surface area contributed by atoms with Gasteiger partial charge in [-0.05, 0) is 42.9 Å². The number of hydrogen-bond acceptors (Lipinski definition) is 3. The van der Waals surface area contributed by atoms with Crippen molar-refractivity contribution >= 4 is 10.0 Å². The fourth-order valence-corrected chi connectivity index (χ4v) is 5.53. The van der Waals surface area contributed by atoms with Gasteiger partial charge in [-0.2, -0.15) is 0 Å². The van der Waals surface area contributed by atoms with Crippen molar-refractivity contribution in [1.29, 1.82) is 0 Å². The van der Waals surface area contributed by atoms with E-state index in [1.54, 1.807) is 4.31 Å². The van der Waals surface area contributed by atoms with Gasteiger partial charge in [0.1, 0.15) is 0 Å². The molecule has 21 heavy (non-hydrogen) atoms. The molecular weight excluding hydrogens is 284 g/mol. The first-order valence-electron chi connectivity index (χ1n) is 8.18.